The first-order chi connectivity index (χ1) is 8.31. The molecule has 0 spiro atoms. The molecule has 0 aliphatic rings. The number of nitrogens with zero attached hydrogens (tertiary/aromatic N) is 2. The van der Waals surface area contributed by atoms with Crippen LogP contribution in [-0.2, 0) is 6.54 Å². The van der Waals surface area contributed by atoms with E-state index in [1.807, 2.05) is 0 Å². The van der Waals surface area contributed by atoms with Gasteiger partial charge in [0.1, 0.15) is 11.7 Å². The Bertz CT molecular complexity index is 403. The van der Waals surface area contributed by atoms with Gasteiger partial charge < -0.3 is 10.2 Å². The van der Waals surface area contributed by atoms with Gasteiger partial charge in [-0.05, 0) is 11.6 Å². The van der Waals surface area contributed by atoms with Crippen LogP contribution in [0.1, 0.15) is 5.56 Å². The van der Waals surface area contributed by atoms with Crippen LogP contribution in [0, 0.1) is 0 Å². The maximum atomic E-state index is 12.4. The van der Waals surface area contributed by atoms with Crippen LogP contribution in [-0.4, -0.2) is 29.7 Å². The first kappa shape index (κ1) is 14.6. The van der Waals surface area contributed by atoms with E-state index in [1.54, 1.807) is 6.07 Å². The zero-order valence-electron chi connectivity index (χ0n) is 9.76. The molecule has 100 valence electrons. The van der Waals surface area contributed by atoms with Crippen LogP contribution in [0.25, 0.3) is 0 Å². The molecule has 1 N–H and O–H groups in total. The minimum Gasteiger partial charge on any atom is -0.375 e. The number of pyridine rings is 1. The smallest absolute Gasteiger partial charge is 0.375 e. The molecule has 0 saturated heterocycles. The van der Waals surface area contributed by atoms with Gasteiger partial charge in [-0.15, -0.1) is 0 Å². The second-order valence-corrected chi connectivity index (χ2v) is 4.04. The number of alkyl halides is 3. The van der Waals surface area contributed by atoms with Crippen LogP contribution >= 0.6 is 11.6 Å². The quantitative estimate of drug-likeness (QED) is 0.840. The summed E-state index contributed by atoms with van der Waals surface area (Å²) in [5, 5.41) is 2.90. The standard InChI is InChI=1S/C11H13ClF3N3/c1-8(16-2)18(7-11(13,14)15)6-9-3-4-10(12)17-5-9/h3-5,16H,1,6-7H2,2H3. The van der Waals surface area contributed by atoms with Crippen LogP contribution in [0.4, 0.5) is 13.2 Å². The highest BCUT2D eigenvalue weighted by molar-refractivity contribution is 6.29. The van der Waals surface area contributed by atoms with E-state index in [1.165, 1.54) is 19.3 Å². The van der Waals surface area contributed by atoms with Crippen LogP contribution in [0.3, 0.4) is 0 Å². The third-order valence-corrected chi connectivity index (χ3v) is 2.43. The summed E-state index contributed by atoms with van der Waals surface area (Å²) < 4.78 is 37.3. The van der Waals surface area contributed by atoms with Gasteiger partial charge >= 0.3 is 6.18 Å². The van der Waals surface area contributed by atoms with Gasteiger partial charge in [-0.25, -0.2) is 4.98 Å². The molecule has 0 fully saturated rings. The summed E-state index contributed by atoms with van der Waals surface area (Å²) in [5.41, 5.74) is 0.625. The monoisotopic (exact) mass is 279 g/mol. The van der Waals surface area contributed by atoms with Gasteiger partial charge in [0.05, 0.1) is 5.82 Å². The van der Waals surface area contributed by atoms with Gasteiger partial charge in [-0.3, -0.25) is 0 Å². The number of aromatic nitrogens is 1. The molecule has 1 heterocycles. The Labute approximate surface area is 108 Å². The van der Waals surface area contributed by atoms with E-state index >= 15 is 0 Å². The van der Waals surface area contributed by atoms with Crippen LogP contribution in [0.2, 0.25) is 5.15 Å². The number of nitrogens with one attached hydrogen (secondary N) is 1. The molecule has 0 amide bonds. The Balaban J connectivity index is 2.78. The highest BCUT2D eigenvalue weighted by Crippen LogP contribution is 2.20. The van der Waals surface area contributed by atoms with E-state index in [2.05, 4.69) is 16.9 Å². The third kappa shape index (κ3) is 4.83. The first-order valence-corrected chi connectivity index (χ1v) is 5.48. The fourth-order valence-electron chi connectivity index (χ4n) is 1.34. The van der Waals surface area contributed by atoms with Gasteiger partial charge in [0, 0.05) is 19.8 Å². The van der Waals surface area contributed by atoms with E-state index in [-0.39, 0.29) is 12.4 Å². The molecule has 0 bridgehead atoms. The largest absolute Gasteiger partial charge is 0.405 e. The summed E-state index contributed by atoms with van der Waals surface area (Å²) in [6, 6.07) is 3.16. The molecular weight excluding hydrogens is 267 g/mol. The molecule has 0 aromatic carbocycles. The van der Waals surface area contributed by atoms with E-state index < -0.39 is 12.7 Å². The summed E-state index contributed by atoms with van der Waals surface area (Å²) in [6.45, 7) is 2.52. The van der Waals surface area contributed by atoms with Crippen molar-refractivity contribution < 1.29 is 13.2 Å². The predicted octanol–water partition coefficient (Wildman–Crippen LogP) is 2.79. The Hall–Kier alpha value is -1.43. The molecule has 18 heavy (non-hydrogen) atoms. The highest BCUT2D eigenvalue weighted by Gasteiger charge is 2.31. The zero-order valence-corrected chi connectivity index (χ0v) is 10.5. The summed E-state index contributed by atoms with van der Waals surface area (Å²) in [5.74, 6) is 0.197. The molecule has 1 aromatic heterocycles. The maximum Gasteiger partial charge on any atom is 0.405 e. The summed E-state index contributed by atoms with van der Waals surface area (Å²) in [7, 11) is 1.52. The van der Waals surface area contributed by atoms with Crippen molar-refractivity contribution in [2.24, 2.45) is 0 Å². The van der Waals surface area contributed by atoms with Crippen molar-refractivity contribution in [2.45, 2.75) is 12.7 Å². The highest BCUT2D eigenvalue weighted by atomic mass is 35.5. The number of halogens is 4. The lowest BCUT2D eigenvalue weighted by molar-refractivity contribution is -0.143. The maximum absolute atomic E-state index is 12.4. The minimum atomic E-state index is -4.29. The van der Waals surface area contributed by atoms with Gasteiger partial charge in [-0.1, -0.05) is 24.2 Å². The lowest BCUT2D eigenvalue weighted by Crippen LogP contribution is -2.36. The average molecular weight is 280 g/mol. The topological polar surface area (TPSA) is 28.2 Å². The van der Waals surface area contributed by atoms with Crippen molar-refractivity contribution in [3.8, 4) is 0 Å². The lowest BCUT2D eigenvalue weighted by atomic mass is 10.2. The number of rotatable bonds is 5. The van der Waals surface area contributed by atoms with Gasteiger partial charge in [0.15, 0.2) is 0 Å². The Kier molecular flexibility index (Phi) is 4.84. The molecule has 0 aliphatic carbocycles. The van der Waals surface area contributed by atoms with Gasteiger partial charge in [-0.2, -0.15) is 13.2 Å². The predicted molar refractivity (Wildman–Crippen MR) is 63.9 cm³/mol. The Morgan fingerprint density at radius 1 is 1.50 bits per heavy atom. The lowest BCUT2D eigenvalue weighted by Gasteiger charge is -2.27. The fraction of sp³-hybridized carbons (Fsp3) is 0.364. The summed E-state index contributed by atoms with van der Waals surface area (Å²) in [4.78, 5) is 4.91. The van der Waals surface area contributed by atoms with E-state index in [0.29, 0.717) is 10.7 Å². The Morgan fingerprint density at radius 2 is 2.17 bits per heavy atom. The second kappa shape index (κ2) is 5.95. The van der Waals surface area contributed by atoms with Crippen LogP contribution in [0.5, 0.6) is 0 Å². The number of hydrogen-bond acceptors (Lipinski definition) is 3. The van der Waals surface area contributed by atoms with Crippen LogP contribution in [0.15, 0.2) is 30.7 Å². The normalized spacial score (nSPS) is 11.2. The van der Waals surface area contributed by atoms with Crippen molar-refractivity contribution in [3.05, 3.63) is 41.4 Å². The van der Waals surface area contributed by atoms with Gasteiger partial charge in [0.25, 0.3) is 0 Å². The molecule has 0 atom stereocenters. The Morgan fingerprint density at radius 3 is 2.61 bits per heavy atom. The fourth-order valence-corrected chi connectivity index (χ4v) is 1.45. The molecule has 7 heteroatoms. The van der Waals surface area contributed by atoms with Crippen molar-refractivity contribution in [1.82, 2.24) is 15.2 Å². The number of hydrogen-bond donors (Lipinski definition) is 1. The second-order valence-electron chi connectivity index (χ2n) is 3.66. The zero-order chi connectivity index (χ0) is 13.8. The molecule has 0 radical (unpaired) electrons. The van der Waals surface area contributed by atoms with E-state index in [0.717, 1.165) is 4.90 Å². The molecule has 0 unspecified atom stereocenters. The molecule has 1 aromatic rings. The SMILES string of the molecule is C=C(NC)N(Cc1ccc(Cl)nc1)CC(F)(F)F. The first-order valence-electron chi connectivity index (χ1n) is 5.10. The molecule has 1 rings (SSSR count). The van der Waals surface area contributed by atoms with Crippen molar-refractivity contribution in [2.75, 3.05) is 13.6 Å². The molecular formula is C11H13ClF3N3. The third-order valence-electron chi connectivity index (χ3n) is 2.20. The average Bonchev–Trinajstić information content (AvgIpc) is 2.28. The van der Waals surface area contributed by atoms with Crippen molar-refractivity contribution >= 4 is 11.6 Å². The summed E-state index contributed by atoms with van der Waals surface area (Å²) in [6.07, 6.45) is -2.85. The molecule has 0 saturated carbocycles. The van der Waals surface area contributed by atoms with Crippen molar-refractivity contribution in [1.29, 1.82) is 0 Å². The minimum absolute atomic E-state index is 0.0589. The van der Waals surface area contributed by atoms with Crippen molar-refractivity contribution in [3.63, 3.8) is 0 Å². The van der Waals surface area contributed by atoms with E-state index in [4.69, 9.17) is 11.6 Å². The van der Waals surface area contributed by atoms with E-state index in [9.17, 15) is 13.2 Å². The van der Waals surface area contributed by atoms with Crippen LogP contribution < -0.4 is 5.32 Å². The molecule has 0 aliphatic heterocycles. The van der Waals surface area contributed by atoms with Gasteiger partial charge in [0.2, 0.25) is 0 Å². The molecule has 3 nitrogen and oxygen atoms in total. The summed E-state index contributed by atoms with van der Waals surface area (Å²) >= 11 is 5.61.